The summed E-state index contributed by atoms with van der Waals surface area (Å²) in [4.78, 5) is 22.9. The number of halogens is 1. The highest BCUT2D eigenvalue weighted by Crippen LogP contribution is 2.28. The van der Waals surface area contributed by atoms with Gasteiger partial charge in [0.25, 0.3) is 5.56 Å². The molecule has 3 rings (SSSR count). The van der Waals surface area contributed by atoms with Gasteiger partial charge < -0.3 is 10.0 Å². The Morgan fingerprint density at radius 2 is 2.07 bits per heavy atom. The van der Waals surface area contributed by atoms with E-state index in [1.807, 2.05) is 29.7 Å². The van der Waals surface area contributed by atoms with E-state index in [4.69, 9.17) is 4.98 Å². The fourth-order valence-electron chi connectivity index (χ4n) is 4.23. The molecule has 0 amide bonds. The second kappa shape index (κ2) is 9.48. The summed E-state index contributed by atoms with van der Waals surface area (Å²) in [5, 5.41) is 10.5. The second-order valence-electron chi connectivity index (χ2n) is 7.79. The van der Waals surface area contributed by atoms with E-state index in [0.29, 0.717) is 11.9 Å². The van der Waals surface area contributed by atoms with Crippen LogP contribution in [-0.4, -0.2) is 64.3 Å². The Balaban J connectivity index is 2.09. The number of hydrogen-bond donors (Lipinski definition) is 1. The third kappa shape index (κ3) is 4.48. The van der Waals surface area contributed by atoms with E-state index in [1.165, 1.54) is 0 Å². The van der Waals surface area contributed by atoms with Crippen LogP contribution in [0.4, 0.5) is 0 Å². The van der Waals surface area contributed by atoms with Gasteiger partial charge in [0, 0.05) is 49.7 Å². The number of nitrogens with zero attached hydrogens (tertiary/aromatic N) is 4. The zero-order valence-corrected chi connectivity index (χ0v) is 18.7. The molecule has 2 aromatic rings. The van der Waals surface area contributed by atoms with Crippen LogP contribution >= 0.6 is 15.9 Å². The molecule has 1 aliphatic rings. The second-order valence-corrected chi connectivity index (χ2v) is 8.71. The van der Waals surface area contributed by atoms with Crippen LogP contribution in [0.25, 0.3) is 10.9 Å². The highest BCUT2D eigenvalue weighted by molar-refractivity contribution is 9.10. The number of likely N-dealkylation sites (N-methyl/N-ethyl adjacent to an activating group) is 1. The normalized spacial score (nSPS) is 20.4. The summed E-state index contributed by atoms with van der Waals surface area (Å²) in [6.45, 7) is 8.54. The maximum atomic E-state index is 13.2. The van der Waals surface area contributed by atoms with Gasteiger partial charge in [-0.1, -0.05) is 29.3 Å². The average molecular weight is 451 g/mol. The number of rotatable bonds is 6. The lowest BCUT2D eigenvalue weighted by molar-refractivity contribution is 0.133. The molecule has 0 spiro atoms. The van der Waals surface area contributed by atoms with Gasteiger partial charge in [-0.25, -0.2) is 4.98 Å². The standard InChI is InChI=1S/C21H31BrN4O2/c1-4-6-19(25-10-9-24(3)12-15(13-25)14-27)20-23-18-8-7-16(22)11-17(18)21(28)26(20)5-2/h7-8,11,15,19,27H,4-6,9-10,12-14H2,1-3H3/t15-,19-/m0/s1. The average Bonchev–Trinajstić information content (AvgIpc) is 2.88. The van der Waals surface area contributed by atoms with E-state index < -0.39 is 0 Å². The number of aliphatic hydroxyl groups excluding tert-OH is 1. The molecule has 28 heavy (non-hydrogen) atoms. The fraction of sp³-hybridized carbons (Fsp3) is 0.619. The Kier molecular flexibility index (Phi) is 7.25. The van der Waals surface area contributed by atoms with Crippen LogP contribution < -0.4 is 5.56 Å². The molecule has 1 aromatic heterocycles. The first-order valence-electron chi connectivity index (χ1n) is 10.2. The van der Waals surface area contributed by atoms with Crippen molar-refractivity contribution in [3.05, 3.63) is 38.9 Å². The maximum Gasteiger partial charge on any atom is 0.261 e. The highest BCUT2D eigenvalue weighted by atomic mass is 79.9. The quantitative estimate of drug-likeness (QED) is 0.732. The van der Waals surface area contributed by atoms with E-state index >= 15 is 0 Å². The Labute approximate surface area is 175 Å². The molecule has 1 N–H and O–H groups in total. The van der Waals surface area contributed by atoms with Crippen LogP contribution in [0, 0.1) is 5.92 Å². The van der Waals surface area contributed by atoms with Crippen LogP contribution in [0.2, 0.25) is 0 Å². The lowest BCUT2D eigenvalue weighted by Gasteiger charge is -2.33. The molecular weight excluding hydrogens is 420 g/mol. The highest BCUT2D eigenvalue weighted by Gasteiger charge is 2.29. The molecule has 0 saturated carbocycles. The van der Waals surface area contributed by atoms with Crippen molar-refractivity contribution in [2.24, 2.45) is 5.92 Å². The Hall–Kier alpha value is -1.28. The Bertz CT molecular complexity index is 869. The van der Waals surface area contributed by atoms with Crippen LogP contribution in [0.15, 0.2) is 27.5 Å². The van der Waals surface area contributed by atoms with Crippen molar-refractivity contribution in [2.45, 2.75) is 39.3 Å². The smallest absolute Gasteiger partial charge is 0.261 e. The fourth-order valence-corrected chi connectivity index (χ4v) is 4.59. The van der Waals surface area contributed by atoms with E-state index in [0.717, 1.165) is 54.8 Å². The summed E-state index contributed by atoms with van der Waals surface area (Å²) in [7, 11) is 2.11. The molecule has 6 nitrogen and oxygen atoms in total. The van der Waals surface area contributed by atoms with Crippen molar-refractivity contribution in [2.75, 3.05) is 39.8 Å². The molecule has 0 aliphatic carbocycles. The van der Waals surface area contributed by atoms with Crippen LogP contribution in [0.5, 0.6) is 0 Å². The molecule has 7 heteroatoms. The summed E-state index contributed by atoms with van der Waals surface area (Å²) in [5.41, 5.74) is 0.773. The third-order valence-electron chi connectivity index (χ3n) is 5.65. The molecule has 154 valence electrons. The summed E-state index contributed by atoms with van der Waals surface area (Å²) < 4.78 is 2.72. The zero-order chi connectivity index (χ0) is 20.3. The van der Waals surface area contributed by atoms with Gasteiger partial charge in [-0.05, 0) is 38.6 Å². The minimum absolute atomic E-state index is 0.0237. The van der Waals surface area contributed by atoms with E-state index in [9.17, 15) is 9.90 Å². The van der Waals surface area contributed by atoms with Gasteiger partial charge in [-0.3, -0.25) is 14.3 Å². The lowest BCUT2D eigenvalue weighted by atomic mass is 10.1. The minimum atomic E-state index is 0.0237. The van der Waals surface area contributed by atoms with Crippen LogP contribution in [0.1, 0.15) is 38.6 Å². The van der Waals surface area contributed by atoms with Crippen molar-refractivity contribution in [3.8, 4) is 0 Å². The van der Waals surface area contributed by atoms with Crippen LogP contribution in [0.3, 0.4) is 0 Å². The van der Waals surface area contributed by atoms with Gasteiger partial charge >= 0.3 is 0 Å². The van der Waals surface area contributed by atoms with Crippen molar-refractivity contribution in [3.63, 3.8) is 0 Å². The first-order valence-corrected chi connectivity index (χ1v) is 11.0. The van der Waals surface area contributed by atoms with E-state index in [-0.39, 0.29) is 24.1 Å². The minimum Gasteiger partial charge on any atom is -0.396 e. The molecule has 0 unspecified atom stereocenters. The summed E-state index contributed by atoms with van der Waals surface area (Å²) in [5.74, 6) is 1.07. The van der Waals surface area contributed by atoms with Gasteiger partial charge in [-0.15, -0.1) is 0 Å². The number of aliphatic hydroxyl groups is 1. The molecule has 1 aliphatic heterocycles. The number of hydrogen-bond acceptors (Lipinski definition) is 5. The van der Waals surface area contributed by atoms with E-state index in [1.54, 1.807) is 0 Å². The predicted molar refractivity (Wildman–Crippen MR) is 117 cm³/mol. The van der Waals surface area contributed by atoms with Gasteiger partial charge in [0.1, 0.15) is 5.82 Å². The van der Waals surface area contributed by atoms with Crippen molar-refractivity contribution < 1.29 is 5.11 Å². The summed E-state index contributed by atoms with van der Waals surface area (Å²) in [6.07, 6.45) is 1.95. The van der Waals surface area contributed by atoms with Crippen molar-refractivity contribution in [1.82, 2.24) is 19.4 Å². The Morgan fingerprint density at radius 1 is 1.29 bits per heavy atom. The van der Waals surface area contributed by atoms with Gasteiger partial charge in [0.15, 0.2) is 0 Å². The molecule has 2 atom stereocenters. The first kappa shape index (κ1) is 21.4. The zero-order valence-electron chi connectivity index (χ0n) is 17.1. The SMILES string of the molecule is CCC[C@@H](c1nc2ccc(Br)cc2c(=O)n1CC)N1CCN(C)C[C@H](CO)C1. The largest absolute Gasteiger partial charge is 0.396 e. The molecule has 0 bridgehead atoms. The predicted octanol–water partition coefficient (Wildman–Crippen LogP) is 2.88. The number of aromatic nitrogens is 2. The van der Waals surface area contributed by atoms with Gasteiger partial charge in [0.2, 0.25) is 0 Å². The summed E-state index contributed by atoms with van der Waals surface area (Å²) in [6, 6.07) is 5.79. The molecular formula is C21H31BrN4O2. The molecule has 0 radical (unpaired) electrons. The topological polar surface area (TPSA) is 61.6 Å². The molecule has 1 fully saturated rings. The monoisotopic (exact) mass is 450 g/mol. The third-order valence-corrected chi connectivity index (χ3v) is 6.15. The number of fused-ring (bicyclic) bond motifs is 1. The maximum absolute atomic E-state index is 13.2. The van der Waals surface area contributed by atoms with Gasteiger partial charge in [0.05, 0.1) is 16.9 Å². The number of benzene rings is 1. The molecule has 2 heterocycles. The lowest BCUT2D eigenvalue weighted by Crippen LogP contribution is -2.38. The van der Waals surface area contributed by atoms with E-state index in [2.05, 4.69) is 39.7 Å². The Morgan fingerprint density at radius 3 is 2.75 bits per heavy atom. The van der Waals surface area contributed by atoms with Crippen molar-refractivity contribution >= 4 is 26.8 Å². The molecule has 1 aromatic carbocycles. The first-order chi connectivity index (χ1) is 13.5. The van der Waals surface area contributed by atoms with Gasteiger partial charge in [-0.2, -0.15) is 0 Å². The van der Waals surface area contributed by atoms with Crippen LogP contribution in [-0.2, 0) is 6.54 Å². The molecule has 1 saturated heterocycles. The van der Waals surface area contributed by atoms with Crippen molar-refractivity contribution in [1.29, 1.82) is 0 Å². The summed E-state index contributed by atoms with van der Waals surface area (Å²) >= 11 is 3.46.